The summed E-state index contributed by atoms with van der Waals surface area (Å²) in [5, 5.41) is 1.50. The van der Waals surface area contributed by atoms with E-state index in [1.807, 2.05) is 0 Å². The summed E-state index contributed by atoms with van der Waals surface area (Å²) in [7, 11) is 0. The lowest BCUT2D eigenvalue weighted by molar-refractivity contribution is 0.462. The maximum absolute atomic E-state index is 6.01. The number of nitrogens with zero attached hydrogens (tertiary/aromatic N) is 1. The summed E-state index contributed by atoms with van der Waals surface area (Å²) >= 11 is 29.4. The van der Waals surface area contributed by atoms with Crippen LogP contribution in [0.1, 0.15) is 5.56 Å². The lowest BCUT2D eigenvalue weighted by atomic mass is 10.3. The third kappa shape index (κ3) is 3.59. The molecule has 0 aliphatic carbocycles. The Hall–Kier alpha value is -0.380. The summed E-state index contributed by atoms with van der Waals surface area (Å²) in [5.74, 6) is 0.930. The topological polar surface area (TPSA) is 22.1 Å². The highest BCUT2D eigenvalue weighted by molar-refractivity contribution is 6.43. The number of hydrogen-bond donors (Lipinski definition) is 0. The monoisotopic (exact) mass is 355 g/mol. The van der Waals surface area contributed by atoms with Crippen LogP contribution in [0.2, 0.25) is 20.1 Å². The minimum absolute atomic E-state index is 0.257. The molecule has 0 radical (unpaired) electrons. The molecule has 7 heteroatoms. The first-order valence-corrected chi connectivity index (χ1v) is 7.08. The van der Waals surface area contributed by atoms with Gasteiger partial charge < -0.3 is 4.74 Å². The van der Waals surface area contributed by atoms with E-state index in [1.54, 1.807) is 6.07 Å². The van der Waals surface area contributed by atoms with Crippen LogP contribution in [0.3, 0.4) is 0 Å². The maximum Gasteiger partial charge on any atom is 0.219 e. The number of aromatic nitrogens is 1. The molecule has 0 N–H and O–H groups in total. The van der Waals surface area contributed by atoms with E-state index in [9.17, 15) is 0 Å². The third-order valence-electron chi connectivity index (χ3n) is 2.24. The largest absolute Gasteiger partial charge is 0.437 e. The van der Waals surface area contributed by atoms with Gasteiger partial charge in [0.15, 0.2) is 0 Å². The number of hydrogen-bond acceptors (Lipinski definition) is 2. The second kappa shape index (κ2) is 6.38. The Morgan fingerprint density at radius 2 is 1.58 bits per heavy atom. The molecule has 2 nitrogen and oxygen atoms in total. The fraction of sp³-hybridized carbons (Fsp3) is 0.0833. The molecule has 2 rings (SSSR count). The van der Waals surface area contributed by atoms with Crippen molar-refractivity contribution >= 4 is 58.0 Å². The minimum Gasteiger partial charge on any atom is -0.437 e. The van der Waals surface area contributed by atoms with Crippen LogP contribution in [-0.2, 0) is 5.88 Å². The lowest BCUT2D eigenvalue weighted by Crippen LogP contribution is -1.91. The van der Waals surface area contributed by atoms with Crippen molar-refractivity contribution in [3.8, 4) is 11.6 Å². The van der Waals surface area contributed by atoms with Gasteiger partial charge in [-0.05, 0) is 11.6 Å². The summed E-state index contributed by atoms with van der Waals surface area (Å²) in [5.41, 5.74) is 0.713. The van der Waals surface area contributed by atoms with Crippen LogP contribution in [0.4, 0.5) is 0 Å². The van der Waals surface area contributed by atoms with Gasteiger partial charge in [-0.2, -0.15) is 0 Å². The molecule has 0 saturated heterocycles. The van der Waals surface area contributed by atoms with E-state index in [-0.39, 0.29) is 5.88 Å². The molecule has 19 heavy (non-hydrogen) atoms. The Morgan fingerprint density at radius 1 is 0.895 bits per heavy atom. The molecule has 0 amide bonds. The van der Waals surface area contributed by atoms with Crippen molar-refractivity contribution in [1.82, 2.24) is 4.98 Å². The van der Waals surface area contributed by atoms with Crippen LogP contribution in [0.15, 0.2) is 24.4 Å². The van der Waals surface area contributed by atoms with Gasteiger partial charge in [-0.3, -0.25) is 0 Å². The Labute approximate surface area is 135 Å². The van der Waals surface area contributed by atoms with E-state index >= 15 is 0 Å². The van der Waals surface area contributed by atoms with E-state index in [1.165, 1.54) is 18.3 Å². The Bertz CT molecular complexity index is 617. The molecule has 0 bridgehead atoms. The maximum atomic E-state index is 6.01. The first-order chi connectivity index (χ1) is 9.01. The molecule has 0 unspecified atom stereocenters. The average Bonchev–Trinajstić information content (AvgIpc) is 2.38. The summed E-state index contributed by atoms with van der Waals surface area (Å²) in [6.45, 7) is 0. The van der Waals surface area contributed by atoms with Crippen LogP contribution in [0, 0.1) is 0 Å². The summed E-state index contributed by atoms with van der Waals surface area (Å²) in [4.78, 5) is 4.03. The lowest BCUT2D eigenvalue weighted by Gasteiger charge is -2.09. The summed E-state index contributed by atoms with van der Waals surface area (Å²) in [6, 6.07) is 4.65. The van der Waals surface area contributed by atoms with E-state index < -0.39 is 0 Å². The zero-order valence-electron chi connectivity index (χ0n) is 9.26. The zero-order valence-corrected chi connectivity index (χ0v) is 13.0. The highest BCUT2D eigenvalue weighted by atomic mass is 35.5. The zero-order chi connectivity index (χ0) is 14.0. The average molecular weight is 357 g/mol. The first kappa shape index (κ1) is 15.0. The van der Waals surface area contributed by atoms with Crippen molar-refractivity contribution in [3.05, 3.63) is 50.0 Å². The van der Waals surface area contributed by atoms with Gasteiger partial charge >= 0.3 is 0 Å². The minimum atomic E-state index is 0.257. The van der Waals surface area contributed by atoms with Gasteiger partial charge in [0.1, 0.15) is 5.75 Å². The van der Waals surface area contributed by atoms with E-state index in [4.69, 9.17) is 62.7 Å². The van der Waals surface area contributed by atoms with Crippen molar-refractivity contribution in [1.29, 1.82) is 0 Å². The van der Waals surface area contributed by atoms with Crippen molar-refractivity contribution in [2.45, 2.75) is 5.88 Å². The number of ether oxygens (including phenoxy) is 1. The number of halogens is 5. The van der Waals surface area contributed by atoms with Crippen molar-refractivity contribution in [3.63, 3.8) is 0 Å². The molecule has 0 spiro atoms. The Morgan fingerprint density at radius 3 is 2.26 bits per heavy atom. The molecule has 1 aromatic carbocycles. The number of rotatable bonds is 3. The van der Waals surface area contributed by atoms with E-state index in [0.717, 1.165) is 0 Å². The molecule has 0 aliphatic heterocycles. The van der Waals surface area contributed by atoms with Crippen LogP contribution in [-0.4, -0.2) is 4.98 Å². The van der Waals surface area contributed by atoms with Crippen LogP contribution in [0.5, 0.6) is 11.6 Å². The molecular formula is C12H6Cl5NO. The quantitative estimate of drug-likeness (QED) is 0.480. The van der Waals surface area contributed by atoms with Crippen LogP contribution < -0.4 is 4.74 Å². The number of benzene rings is 1. The van der Waals surface area contributed by atoms with Crippen molar-refractivity contribution in [2.24, 2.45) is 0 Å². The van der Waals surface area contributed by atoms with Gasteiger partial charge in [0.05, 0.1) is 20.1 Å². The molecule has 1 aromatic heterocycles. The number of pyridine rings is 1. The fourth-order valence-corrected chi connectivity index (χ4v) is 2.35. The highest BCUT2D eigenvalue weighted by Gasteiger charge is 2.10. The van der Waals surface area contributed by atoms with Gasteiger partial charge in [0, 0.05) is 24.2 Å². The molecule has 0 fully saturated rings. The smallest absolute Gasteiger partial charge is 0.219 e. The van der Waals surface area contributed by atoms with Gasteiger partial charge in [-0.15, -0.1) is 11.6 Å². The summed E-state index contributed by atoms with van der Waals surface area (Å²) in [6.07, 6.45) is 1.46. The fourth-order valence-electron chi connectivity index (χ4n) is 1.31. The highest BCUT2D eigenvalue weighted by Crippen LogP contribution is 2.36. The van der Waals surface area contributed by atoms with E-state index in [2.05, 4.69) is 4.98 Å². The summed E-state index contributed by atoms with van der Waals surface area (Å²) < 4.78 is 5.54. The number of alkyl halides is 1. The molecule has 0 aliphatic rings. The molecule has 0 atom stereocenters. The van der Waals surface area contributed by atoms with Crippen molar-refractivity contribution < 1.29 is 4.74 Å². The van der Waals surface area contributed by atoms with Crippen molar-refractivity contribution in [2.75, 3.05) is 0 Å². The molecule has 0 saturated carbocycles. The standard InChI is InChI=1S/C12H6Cl5NO/c13-4-6-1-12(18-5-10(6)17)19-11-3-8(15)7(14)2-9(11)16/h1-3,5H,4H2. The molecular weight excluding hydrogens is 351 g/mol. The van der Waals surface area contributed by atoms with Gasteiger partial charge in [0.2, 0.25) is 5.88 Å². The predicted octanol–water partition coefficient (Wildman–Crippen LogP) is 6.23. The molecule has 2 aromatic rings. The second-order valence-corrected chi connectivity index (χ2v) is 5.44. The Balaban J connectivity index is 2.33. The Kier molecular flexibility index (Phi) is 5.04. The van der Waals surface area contributed by atoms with Crippen LogP contribution >= 0.6 is 58.0 Å². The van der Waals surface area contributed by atoms with E-state index in [0.29, 0.717) is 37.3 Å². The van der Waals surface area contributed by atoms with Crippen LogP contribution in [0.25, 0.3) is 0 Å². The first-order valence-electron chi connectivity index (χ1n) is 5.04. The molecule has 1 heterocycles. The van der Waals surface area contributed by atoms with Gasteiger partial charge in [-0.25, -0.2) is 4.98 Å². The normalized spacial score (nSPS) is 10.6. The molecule has 100 valence electrons. The third-order valence-corrected chi connectivity index (χ3v) is 3.89. The SMILES string of the molecule is ClCc1cc(Oc2cc(Cl)c(Cl)cc2Cl)ncc1Cl. The predicted molar refractivity (Wildman–Crippen MR) is 80.4 cm³/mol. The van der Waals surface area contributed by atoms with Gasteiger partial charge in [0.25, 0.3) is 0 Å². The van der Waals surface area contributed by atoms with Gasteiger partial charge in [-0.1, -0.05) is 46.4 Å². The second-order valence-electron chi connectivity index (χ2n) is 3.55.